The molecule has 2 aromatic carbocycles. The van der Waals surface area contributed by atoms with Crippen molar-refractivity contribution >= 4 is 16.6 Å². The number of nitrogen functional groups attached to an aromatic ring is 1. The zero-order valence-corrected chi connectivity index (χ0v) is 12.7. The minimum Gasteiger partial charge on any atom is -0.455 e. The molecule has 0 saturated carbocycles. The fraction of sp³-hybridized carbons (Fsp3) is 0.176. The molecule has 0 aliphatic rings. The van der Waals surface area contributed by atoms with E-state index in [1.165, 1.54) is 12.1 Å². The van der Waals surface area contributed by atoms with Gasteiger partial charge in [-0.1, -0.05) is 0 Å². The van der Waals surface area contributed by atoms with Gasteiger partial charge in [-0.25, -0.2) is 0 Å². The van der Waals surface area contributed by atoms with Gasteiger partial charge in [0.15, 0.2) is 0 Å². The molecule has 1 aromatic heterocycles. The number of hydrogen-bond acceptors (Lipinski definition) is 3. The Balaban J connectivity index is 1.68. The van der Waals surface area contributed by atoms with E-state index in [9.17, 15) is 13.2 Å². The standard InChI is InChI=1S/C17H15F3N2O2/c1-10(23-12-4-2-11(3-5-12)17(18,19)20)24-13-6-7-16-14(8-13)15(21)9-22-16/h2-10,22H,21H2,1H3. The second-order valence-electron chi connectivity index (χ2n) is 5.28. The number of alkyl halides is 3. The van der Waals surface area contributed by atoms with E-state index in [1.54, 1.807) is 25.3 Å². The lowest BCUT2D eigenvalue weighted by molar-refractivity contribution is -0.137. The van der Waals surface area contributed by atoms with Crippen molar-refractivity contribution in [2.24, 2.45) is 0 Å². The largest absolute Gasteiger partial charge is 0.455 e. The van der Waals surface area contributed by atoms with E-state index in [0.29, 0.717) is 11.4 Å². The lowest BCUT2D eigenvalue weighted by Crippen LogP contribution is -2.19. The van der Waals surface area contributed by atoms with Crippen LogP contribution >= 0.6 is 0 Å². The number of halogens is 3. The molecule has 3 rings (SSSR count). The zero-order valence-electron chi connectivity index (χ0n) is 12.7. The first-order valence-electron chi connectivity index (χ1n) is 7.20. The molecular weight excluding hydrogens is 321 g/mol. The van der Waals surface area contributed by atoms with Crippen molar-refractivity contribution in [3.63, 3.8) is 0 Å². The summed E-state index contributed by atoms with van der Waals surface area (Å²) >= 11 is 0. The number of fused-ring (bicyclic) bond motifs is 1. The summed E-state index contributed by atoms with van der Waals surface area (Å²) in [6, 6.07) is 9.81. The molecule has 0 fully saturated rings. The summed E-state index contributed by atoms with van der Waals surface area (Å²) in [4.78, 5) is 3.02. The number of aromatic amines is 1. The first kappa shape index (κ1) is 16.0. The smallest absolute Gasteiger partial charge is 0.416 e. The maximum absolute atomic E-state index is 12.5. The summed E-state index contributed by atoms with van der Waals surface area (Å²) in [6.07, 6.45) is -3.36. The number of anilines is 1. The van der Waals surface area contributed by atoms with Crippen LogP contribution in [0.15, 0.2) is 48.7 Å². The van der Waals surface area contributed by atoms with E-state index in [2.05, 4.69) is 4.98 Å². The number of aromatic nitrogens is 1. The molecule has 126 valence electrons. The molecule has 1 unspecified atom stereocenters. The van der Waals surface area contributed by atoms with Crippen molar-refractivity contribution < 1.29 is 22.6 Å². The summed E-state index contributed by atoms with van der Waals surface area (Å²) in [5.41, 5.74) is 6.60. The Morgan fingerprint density at radius 2 is 1.62 bits per heavy atom. The molecule has 0 aliphatic heterocycles. The maximum atomic E-state index is 12.5. The van der Waals surface area contributed by atoms with Crippen molar-refractivity contribution in [3.8, 4) is 11.5 Å². The van der Waals surface area contributed by atoms with Crippen LogP contribution in [-0.2, 0) is 6.18 Å². The third-order valence-corrected chi connectivity index (χ3v) is 3.47. The van der Waals surface area contributed by atoms with Gasteiger partial charge in [-0.15, -0.1) is 0 Å². The van der Waals surface area contributed by atoms with Crippen LogP contribution in [0.4, 0.5) is 18.9 Å². The number of benzene rings is 2. The minimum absolute atomic E-state index is 0.290. The van der Waals surface area contributed by atoms with E-state index in [0.717, 1.165) is 23.0 Å². The van der Waals surface area contributed by atoms with Crippen LogP contribution in [0.5, 0.6) is 11.5 Å². The van der Waals surface area contributed by atoms with E-state index >= 15 is 0 Å². The van der Waals surface area contributed by atoms with Crippen LogP contribution < -0.4 is 15.2 Å². The number of hydrogen-bond donors (Lipinski definition) is 2. The predicted molar refractivity (Wildman–Crippen MR) is 84.9 cm³/mol. The van der Waals surface area contributed by atoms with Crippen LogP contribution in [0.2, 0.25) is 0 Å². The topological polar surface area (TPSA) is 60.3 Å². The lowest BCUT2D eigenvalue weighted by Gasteiger charge is -2.17. The van der Waals surface area contributed by atoms with Crippen LogP contribution in [-0.4, -0.2) is 11.3 Å². The van der Waals surface area contributed by atoms with Crippen LogP contribution in [0.25, 0.3) is 10.9 Å². The molecule has 0 amide bonds. The molecule has 1 heterocycles. The van der Waals surface area contributed by atoms with E-state index in [-0.39, 0.29) is 5.75 Å². The Labute approximate surface area is 136 Å². The van der Waals surface area contributed by atoms with Gasteiger partial charge in [0, 0.05) is 24.0 Å². The van der Waals surface area contributed by atoms with Gasteiger partial charge in [-0.2, -0.15) is 13.2 Å². The van der Waals surface area contributed by atoms with Crippen molar-refractivity contribution in [3.05, 3.63) is 54.2 Å². The third kappa shape index (κ3) is 3.40. The highest BCUT2D eigenvalue weighted by Gasteiger charge is 2.30. The highest BCUT2D eigenvalue weighted by Crippen LogP contribution is 2.31. The molecule has 0 radical (unpaired) electrons. The summed E-state index contributed by atoms with van der Waals surface area (Å²) in [5, 5.41) is 0.828. The summed E-state index contributed by atoms with van der Waals surface area (Å²) in [5.74, 6) is 0.839. The van der Waals surface area contributed by atoms with Crippen LogP contribution in [0, 0.1) is 0 Å². The molecule has 0 spiro atoms. The van der Waals surface area contributed by atoms with Gasteiger partial charge in [0.1, 0.15) is 11.5 Å². The Hall–Kier alpha value is -2.83. The second-order valence-corrected chi connectivity index (χ2v) is 5.28. The molecule has 4 nitrogen and oxygen atoms in total. The number of ether oxygens (including phenoxy) is 2. The molecule has 3 N–H and O–H groups in total. The van der Waals surface area contributed by atoms with Crippen molar-refractivity contribution in [1.82, 2.24) is 4.98 Å². The fourth-order valence-electron chi connectivity index (χ4n) is 2.32. The van der Waals surface area contributed by atoms with Crippen molar-refractivity contribution in [1.29, 1.82) is 0 Å². The van der Waals surface area contributed by atoms with E-state index < -0.39 is 18.0 Å². The second kappa shape index (κ2) is 5.99. The molecular formula is C17H15F3N2O2. The first-order chi connectivity index (χ1) is 11.3. The molecule has 0 saturated heterocycles. The minimum atomic E-state index is -4.37. The Morgan fingerprint density at radius 1 is 1.00 bits per heavy atom. The fourth-order valence-corrected chi connectivity index (χ4v) is 2.32. The Bertz CT molecular complexity index is 841. The Kier molecular flexibility index (Phi) is 4.01. The highest BCUT2D eigenvalue weighted by molar-refractivity contribution is 5.92. The average Bonchev–Trinajstić information content (AvgIpc) is 2.88. The normalized spacial score (nSPS) is 13.0. The number of rotatable bonds is 4. The molecule has 24 heavy (non-hydrogen) atoms. The number of nitrogens with two attached hydrogens (primary N) is 1. The molecule has 3 aromatic rings. The summed E-state index contributed by atoms with van der Waals surface area (Å²) in [6.45, 7) is 1.66. The predicted octanol–water partition coefficient (Wildman–Crippen LogP) is 4.57. The van der Waals surface area contributed by atoms with Crippen LogP contribution in [0.3, 0.4) is 0 Å². The molecule has 7 heteroatoms. The summed E-state index contributed by atoms with van der Waals surface area (Å²) < 4.78 is 48.7. The number of H-pyrrole nitrogens is 1. The monoisotopic (exact) mass is 336 g/mol. The SMILES string of the molecule is CC(Oc1ccc(C(F)(F)F)cc1)Oc1ccc2[nH]cc(N)c2c1. The first-order valence-corrected chi connectivity index (χ1v) is 7.20. The Morgan fingerprint density at radius 3 is 2.29 bits per heavy atom. The van der Waals surface area contributed by atoms with Gasteiger partial charge in [0.25, 0.3) is 0 Å². The number of nitrogens with one attached hydrogen (secondary N) is 1. The highest BCUT2D eigenvalue weighted by atomic mass is 19.4. The molecule has 1 atom stereocenters. The zero-order chi connectivity index (χ0) is 17.3. The quantitative estimate of drug-likeness (QED) is 0.686. The third-order valence-electron chi connectivity index (χ3n) is 3.47. The molecule has 0 bridgehead atoms. The van der Waals surface area contributed by atoms with E-state index in [4.69, 9.17) is 15.2 Å². The van der Waals surface area contributed by atoms with Gasteiger partial charge >= 0.3 is 6.18 Å². The average molecular weight is 336 g/mol. The van der Waals surface area contributed by atoms with Gasteiger partial charge in [-0.3, -0.25) is 0 Å². The van der Waals surface area contributed by atoms with Crippen molar-refractivity contribution in [2.75, 3.05) is 5.73 Å². The van der Waals surface area contributed by atoms with Gasteiger partial charge in [-0.05, 0) is 42.5 Å². The van der Waals surface area contributed by atoms with Gasteiger partial charge in [0.05, 0.1) is 11.3 Å². The van der Waals surface area contributed by atoms with Gasteiger partial charge < -0.3 is 20.2 Å². The molecule has 0 aliphatic carbocycles. The maximum Gasteiger partial charge on any atom is 0.416 e. The lowest BCUT2D eigenvalue weighted by atomic mass is 10.2. The van der Waals surface area contributed by atoms with Crippen LogP contribution in [0.1, 0.15) is 12.5 Å². The van der Waals surface area contributed by atoms with Crippen molar-refractivity contribution in [2.45, 2.75) is 19.4 Å². The van der Waals surface area contributed by atoms with E-state index in [1.807, 2.05) is 6.07 Å². The summed E-state index contributed by atoms with van der Waals surface area (Å²) in [7, 11) is 0. The van der Waals surface area contributed by atoms with Gasteiger partial charge in [0.2, 0.25) is 6.29 Å².